The van der Waals surface area contributed by atoms with Gasteiger partial charge in [0.25, 0.3) is 5.91 Å². The van der Waals surface area contributed by atoms with Crippen LogP contribution in [0, 0.1) is 6.92 Å². The molecule has 1 unspecified atom stereocenters. The van der Waals surface area contributed by atoms with Crippen LogP contribution in [-0.4, -0.2) is 35.5 Å². The Morgan fingerprint density at radius 2 is 1.84 bits per heavy atom. The van der Waals surface area contributed by atoms with Gasteiger partial charge in [0, 0.05) is 10.6 Å². The third-order valence-corrected chi connectivity index (χ3v) is 4.78. The van der Waals surface area contributed by atoms with Crippen molar-refractivity contribution in [2.45, 2.75) is 33.8 Å². The first-order chi connectivity index (χ1) is 14.9. The molecule has 31 heavy (non-hydrogen) atoms. The van der Waals surface area contributed by atoms with E-state index in [4.69, 9.17) is 30.4 Å². The highest BCUT2D eigenvalue weighted by atomic mass is 35.5. The largest absolute Gasteiger partial charge is 0.490 e. The highest BCUT2D eigenvalue weighted by molar-refractivity contribution is 6.31. The molecular weight excluding hydrogens is 422 g/mol. The van der Waals surface area contributed by atoms with Gasteiger partial charge in [-0.25, -0.2) is 4.63 Å². The van der Waals surface area contributed by atoms with E-state index in [0.717, 1.165) is 5.56 Å². The number of aryl methyl sites for hydroxylation is 1. The summed E-state index contributed by atoms with van der Waals surface area (Å²) in [6.07, 6.45) is -0.788. The molecule has 0 aliphatic carbocycles. The van der Waals surface area contributed by atoms with E-state index in [9.17, 15) is 4.79 Å². The Hall–Kier alpha value is -3.26. The Labute approximate surface area is 185 Å². The lowest BCUT2D eigenvalue weighted by atomic mass is 10.1. The lowest BCUT2D eigenvalue weighted by Gasteiger charge is -2.15. The second-order valence-corrected chi connectivity index (χ2v) is 7.06. The summed E-state index contributed by atoms with van der Waals surface area (Å²) in [6, 6.07) is 10.5. The van der Waals surface area contributed by atoms with Gasteiger partial charge in [-0.1, -0.05) is 11.6 Å². The molecule has 1 heterocycles. The number of amides is 1. The summed E-state index contributed by atoms with van der Waals surface area (Å²) in [5.41, 5.74) is 1.88. The maximum absolute atomic E-state index is 12.6. The summed E-state index contributed by atoms with van der Waals surface area (Å²) >= 11 is 6.03. The van der Waals surface area contributed by atoms with Crippen molar-refractivity contribution in [3.8, 4) is 28.5 Å². The van der Waals surface area contributed by atoms with Gasteiger partial charge in [0.1, 0.15) is 5.75 Å². The van der Waals surface area contributed by atoms with E-state index in [2.05, 4.69) is 15.6 Å². The number of benzene rings is 2. The first kappa shape index (κ1) is 22.4. The molecule has 2 aromatic carbocycles. The number of halogens is 1. The van der Waals surface area contributed by atoms with Crippen molar-refractivity contribution in [1.82, 2.24) is 10.3 Å². The van der Waals surface area contributed by atoms with Crippen molar-refractivity contribution in [2.75, 3.05) is 18.5 Å². The van der Waals surface area contributed by atoms with Crippen LogP contribution in [0.1, 0.15) is 26.3 Å². The Morgan fingerprint density at radius 3 is 2.55 bits per heavy atom. The minimum atomic E-state index is -0.788. The standard InChI is InChI=1S/C22H24ClN3O5/c1-5-28-18-10-7-15(12-19(18)29-6-2)20-21(26-31-25-20)24-22(27)14(4)30-16-8-9-17(23)13(3)11-16/h7-12,14H,5-6H2,1-4H3,(H,24,26,27). The van der Waals surface area contributed by atoms with E-state index in [0.29, 0.717) is 46.7 Å². The van der Waals surface area contributed by atoms with Crippen molar-refractivity contribution >= 4 is 23.3 Å². The molecule has 3 rings (SSSR count). The van der Waals surface area contributed by atoms with Crippen molar-refractivity contribution in [1.29, 1.82) is 0 Å². The Morgan fingerprint density at radius 1 is 1.10 bits per heavy atom. The first-order valence-electron chi connectivity index (χ1n) is 9.89. The minimum absolute atomic E-state index is 0.180. The van der Waals surface area contributed by atoms with Gasteiger partial charge in [0.05, 0.1) is 13.2 Å². The maximum Gasteiger partial charge on any atom is 0.266 e. The number of aromatic nitrogens is 2. The van der Waals surface area contributed by atoms with Crippen molar-refractivity contribution < 1.29 is 23.6 Å². The molecule has 1 amide bonds. The molecule has 0 aliphatic heterocycles. The number of hydrogen-bond acceptors (Lipinski definition) is 7. The molecule has 0 spiro atoms. The van der Waals surface area contributed by atoms with Crippen LogP contribution >= 0.6 is 11.6 Å². The van der Waals surface area contributed by atoms with Crippen LogP contribution in [0.5, 0.6) is 17.2 Å². The van der Waals surface area contributed by atoms with Gasteiger partial charge in [0.15, 0.2) is 23.3 Å². The summed E-state index contributed by atoms with van der Waals surface area (Å²) in [7, 11) is 0. The molecule has 0 radical (unpaired) electrons. The second-order valence-electron chi connectivity index (χ2n) is 6.65. The predicted molar refractivity (Wildman–Crippen MR) is 117 cm³/mol. The maximum atomic E-state index is 12.6. The zero-order valence-corrected chi connectivity index (χ0v) is 18.5. The van der Waals surface area contributed by atoms with Crippen LogP contribution in [0.25, 0.3) is 11.3 Å². The first-order valence-corrected chi connectivity index (χ1v) is 10.3. The molecule has 8 nitrogen and oxygen atoms in total. The van der Waals surface area contributed by atoms with E-state index in [1.54, 1.807) is 43.3 Å². The number of anilines is 1. The smallest absolute Gasteiger partial charge is 0.266 e. The molecule has 0 fully saturated rings. The normalized spacial score (nSPS) is 11.6. The summed E-state index contributed by atoms with van der Waals surface area (Å²) < 4.78 is 21.8. The monoisotopic (exact) mass is 445 g/mol. The number of carbonyl (C=O) groups is 1. The lowest BCUT2D eigenvalue weighted by molar-refractivity contribution is -0.122. The lowest BCUT2D eigenvalue weighted by Crippen LogP contribution is -2.30. The van der Waals surface area contributed by atoms with Gasteiger partial charge >= 0.3 is 0 Å². The van der Waals surface area contributed by atoms with Crippen molar-refractivity contribution in [2.24, 2.45) is 0 Å². The number of carbonyl (C=O) groups excluding carboxylic acids is 1. The van der Waals surface area contributed by atoms with Gasteiger partial charge in [-0.2, -0.15) is 0 Å². The molecule has 9 heteroatoms. The average Bonchev–Trinajstić information content (AvgIpc) is 3.20. The molecule has 0 aliphatic rings. The van der Waals surface area contributed by atoms with Crippen LogP contribution in [0.4, 0.5) is 5.82 Å². The van der Waals surface area contributed by atoms with Crippen molar-refractivity contribution in [3.05, 3.63) is 47.0 Å². The number of nitrogens with one attached hydrogen (secondary N) is 1. The summed E-state index contributed by atoms with van der Waals surface area (Å²) in [4.78, 5) is 12.6. The van der Waals surface area contributed by atoms with E-state index < -0.39 is 12.0 Å². The molecule has 1 aromatic heterocycles. The Bertz CT molecular complexity index is 1050. The third-order valence-electron chi connectivity index (χ3n) is 4.36. The molecule has 1 atom stereocenters. The van der Waals surface area contributed by atoms with Crippen LogP contribution in [0.15, 0.2) is 41.0 Å². The van der Waals surface area contributed by atoms with Gasteiger partial charge in [-0.3, -0.25) is 4.79 Å². The Balaban J connectivity index is 1.76. The molecule has 0 bridgehead atoms. The van der Waals surface area contributed by atoms with E-state index in [-0.39, 0.29) is 5.82 Å². The summed E-state index contributed by atoms with van der Waals surface area (Å²) in [5, 5.41) is 11.1. The number of ether oxygens (including phenoxy) is 3. The Kier molecular flexibility index (Phi) is 7.36. The van der Waals surface area contributed by atoms with E-state index in [1.807, 2.05) is 20.8 Å². The summed E-state index contributed by atoms with van der Waals surface area (Å²) in [6.45, 7) is 8.26. The molecule has 164 valence electrons. The fourth-order valence-corrected chi connectivity index (χ4v) is 2.94. The van der Waals surface area contributed by atoms with E-state index >= 15 is 0 Å². The topological polar surface area (TPSA) is 95.7 Å². The third kappa shape index (κ3) is 5.46. The number of nitrogens with zero attached hydrogens (tertiary/aromatic N) is 2. The fraction of sp³-hybridized carbons (Fsp3) is 0.318. The molecule has 3 aromatic rings. The van der Waals surface area contributed by atoms with Gasteiger partial charge < -0.3 is 19.5 Å². The fourth-order valence-electron chi connectivity index (χ4n) is 2.82. The van der Waals surface area contributed by atoms with Crippen LogP contribution < -0.4 is 19.5 Å². The number of rotatable bonds is 9. The van der Waals surface area contributed by atoms with Gasteiger partial charge in [0.2, 0.25) is 5.82 Å². The van der Waals surface area contributed by atoms with Crippen molar-refractivity contribution in [3.63, 3.8) is 0 Å². The number of hydrogen-bond donors (Lipinski definition) is 1. The van der Waals surface area contributed by atoms with Gasteiger partial charge in [-0.05, 0) is 80.0 Å². The predicted octanol–water partition coefficient (Wildman–Crippen LogP) is 4.90. The van der Waals surface area contributed by atoms with Crippen LogP contribution in [0.3, 0.4) is 0 Å². The van der Waals surface area contributed by atoms with E-state index in [1.165, 1.54) is 0 Å². The molecular formula is C22H24ClN3O5. The van der Waals surface area contributed by atoms with Crippen LogP contribution in [-0.2, 0) is 4.79 Å². The zero-order chi connectivity index (χ0) is 22.4. The second kappa shape index (κ2) is 10.2. The van der Waals surface area contributed by atoms with Crippen LogP contribution in [0.2, 0.25) is 5.02 Å². The molecule has 0 saturated heterocycles. The SMILES string of the molecule is CCOc1ccc(-c2nonc2NC(=O)C(C)Oc2ccc(Cl)c(C)c2)cc1OCC. The zero-order valence-electron chi connectivity index (χ0n) is 17.8. The highest BCUT2D eigenvalue weighted by Gasteiger charge is 2.21. The highest BCUT2D eigenvalue weighted by Crippen LogP contribution is 2.34. The molecule has 1 N–H and O–H groups in total. The van der Waals surface area contributed by atoms with Gasteiger partial charge in [-0.15, -0.1) is 0 Å². The molecule has 0 saturated carbocycles. The minimum Gasteiger partial charge on any atom is -0.490 e. The quantitative estimate of drug-likeness (QED) is 0.500. The summed E-state index contributed by atoms with van der Waals surface area (Å²) in [5.74, 6) is 1.50. The average molecular weight is 446 g/mol.